The zero-order chi connectivity index (χ0) is 20.6. The Morgan fingerprint density at radius 3 is 1.93 bits per heavy atom. The van der Waals surface area contributed by atoms with Gasteiger partial charge in [-0.15, -0.1) is 0 Å². The van der Waals surface area contributed by atoms with Gasteiger partial charge in [-0.25, -0.2) is 13.3 Å². The van der Waals surface area contributed by atoms with Crippen molar-refractivity contribution in [2.45, 2.75) is 49.3 Å². The first-order valence-corrected chi connectivity index (χ1v) is 10.2. The molecule has 0 aromatic heterocycles. The van der Waals surface area contributed by atoms with Crippen LogP contribution in [-0.2, 0) is 32.2 Å². The quantitative estimate of drug-likeness (QED) is 0.273. The third-order valence-corrected chi connectivity index (χ3v) is 5.11. The molecule has 0 aromatic rings. The third kappa shape index (κ3) is 5.93. The van der Waals surface area contributed by atoms with E-state index in [1.165, 1.54) is 0 Å². The Balaban J connectivity index is 1.99. The lowest BCUT2D eigenvalue weighted by atomic mass is 10.2. The summed E-state index contributed by atoms with van der Waals surface area (Å²) >= 11 is 0. The first-order chi connectivity index (χ1) is 12.3. The van der Waals surface area contributed by atoms with Crippen molar-refractivity contribution >= 4 is 15.6 Å². The van der Waals surface area contributed by atoms with Crippen LogP contribution < -0.4 is 9.79 Å². The van der Waals surface area contributed by atoms with Gasteiger partial charge < -0.3 is 48.6 Å². The van der Waals surface area contributed by atoms with Crippen LogP contribution in [0.4, 0.5) is 8.78 Å². The molecule has 13 nitrogen and oxygen atoms in total. The van der Waals surface area contributed by atoms with Crippen molar-refractivity contribution in [3.63, 3.8) is 0 Å². The van der Waals surface area contributed by atoms with E-state index in [2.05, 4.69) is 23.0 Å². The molecule has 27 heavy (non-hydrogen) atoms. The molecule has 2 aliphatic heterocycles. The number of halogens is 2. The molecular formula is C10H16F2O13P2-2. The number of aliphatic hydroxyl groups excluding tert-OH is 3. The van der Waals surface area contributed by atoms with E-state index in [1.54, 1.807) is 0 Å². The molecule has 17 heteroatoms. The van der Waals surface area contributed by atoms with Crippen molar-refractivity contribution in [2.75, 3.05) is 13.2 Å². The molecule has 2 heterocycles. The van der Waals surface area contributed by atoms with Crippen LogP contribution in [0, 0.1) is 0 Å². The first kappa shape index (κ1) is 23.2. The van der Waals surface area contributed by atoms with Gasteiger partial charge in [0.25, 0.3) is 0 Å². The van der Waals surface area contributed by atoms with Crippen molar-refractivity contribution in [1.82, 2.24) is 0 Å². The van der Waals surface area contributed by atoms with Gasteiger partial charge in [0.1, 0.15) is 24.4 Å². The van der Waals surface area contributed by atoms with Crippen LogP contribution in [-0.4, -0.2) is 82.8 Å². The number of alkyl halides is 2. The molecule has 1 unspecified atom stereocenters. The molecule has 160 valence electrons. The lowest BCUT2D eigenvalue weighted by molar-refractivity contribution is -0.346. The normalized spacial score (nSPS) is 42.4. The summed E-state index contributed by atoms with van der Waals surface area (Å²) in [5.41, 5.74) is 0. The summed E-state index contributed by atoms with van der Waals surface area (Å²) in [5, 5.41) is 27.4. The summed E-state index contributed by atoms with van der Waals surface area (Å²) < 4.78 is 71.8. The molecule has 0 spiro atoms. The first-order valence-electron chi connectivity index (χ1n) is 7.27. The molecule has 2 aliphatic rings. The Labute approximate surface area is 150 Å². The van der Waals surface area contributed by atoms with Crippen LogP contribution in [0.2, 0.25) is 0 Å². The predicted molar refractivity (Wildman–Crippen MR) is 71.8 cm³/mol. The topological polar surface area (TPSA) is 207 Å². The SMILES string of the molecule is O=P([O-])([O-])O[C@H]1[C@H](F)[C@H](O)O[C@@H]1COP(=O)(O)O[C@H]1[C@H](F)[C@H](O)O[C@@H]1CO. The Morgan fingerprint density at radius 1 is 0.963 bits per heavy atom. The van der Waals surface area contributed by atoms with E-state index in [4.69, 9.17) is 5.11 Å². The van der Waals surface area contributed by atoms with Crippen LogP contribution in [0.3, 0.4) is 0 Å². The molecule has 4 N–H and O–H groups in total. The molecule has 0 bridgehead atoms. The molecule has 0 amide bonds. The molecular weight excluding hydrogens is 428 g/mol. The van der Waals surface area contributed by atoms with Gasteiger partial charge in [0.15, 0.2) is 24.9 Å². The summed E-state index contributed by atoms with van der Waals surface area (Å²) in [6.07, 6.45) is -16.4. The van der Waals surface area contributed by atoms with Crippen molar-refractivity contribution in [3.05, 3.63) is 0 Å². The van der Waals surface area contributed by atoms with Crippen LogP contribution in [0.15, 0.2) is 0 Å². The smallest absolute Gasteiger partial charge is 0.472 e. The number of rotatable bonds is 8. The van der Waals surface area contributed by atoms with E-state index in [1.807, 2.05) is 0 Å². The number of phosphoric acid groups is 2. The van der Waals surface area contributed by atoms with Crippen molar-refractivity contribution in [1.29, 1.82) is 0 Å². The van der Waals surface area contributed by atoms with Crippen LogP contribution in [0.5, 0.6) is 0 Å². The fraction of sp³-hybridized carbons (Fsp3) is 1.00. The van der Waals surface area contributed by atoms with Crippen LogP contribution >= 0.6 is 15.6 Å². The number of phosphoric ester groups is 2. The summed E-state index contributed by atoms with van der Waals surface area (Å²) in [6, 6.07) is 0. The summed E-state index contributed by atoms with van der Waals surface area (Å²) in [4.78, 5) is 30.8. The van der Waals surface area contributed by atoms with Gasteiger partial charge in [0.05, 0.1) is 21.0 Å². The summed E-state index contributed by atoms with van der Waals surface area (Å²) in [6.45, 7) is -1.98. The van der Waals surface area contributed by atoms with E-state index < -0.39 is 78.2 Å². The van der Waals surface area contributed by atoms with Gasteiger partial charge >= 0.3 is 7.82 Å². The largest absolute Gasteiger partial charge is 0.790 e. The Morgan fingerprint density at radius 2 is 1.44 bits per heavy atom. The van der Waals surface area contributed by atoms with Gasteiger partial charge in [0, 0.05) is 0 Å². The summed E-state index contributed by atoms with van der Waals surface area (Å²) in [7, 11) is -10.8. The highest BCUT2D eigenvalue weighted by atomic mass is 31.2. The number of aliphatic hydroxyl groups is 3. The van der Waals surface area contributed by atoms with Gasteiger partial charge in [0.2, 0.25) is 0 Å². The van der Waals surface area contributed by atoms with Gasteiger partial charge in [-0.2, -0.15) is 0 Å². The maximum Gasteiger partial charge on any atom is 0.472 e. The lowest BCUT2D eigenvalue weighted by Crippen LogP contribution is -2.37. The minimum atomic E-state index is -5.70. The maximum atomic E-state index is 13.7. The molecule has 2 rings (SSSR count). The zero-order valence-electron chi connectivity index (χ0n) is 13.1. The lowest BCUT2D eigenvalue weighted by Gasteiger charge is -2.34. The average Bonchev–Trinajstić information content (AvgIpc) is 2.96. The monoisotopic (exact) mass is 444 g/mol. The molecule has 9 atom stereocenters. The van der Waals surface area contributed by atoms with Crippen molar-refractivity contribution in [3.8, 4) is 0 Å². The van der Waals surface area contributed by atoms with Crippen molar-refractivity contribution in [2.24, 2.45) is 0 Å². The van der Waals surface area contributed by atoms with Crippen LogP contribution in [0.1, 0.15) is 0 Å². The van der Waals surface area contributed by atoms with E-state index in [0.717, 1.165) is 0 Å². The molecule has 0 saturated carbocycles. The van der Waals surface area contributed by atoms with Crippen molar-refractivity contribution < 1.29 is 71.0 Å². The van der Waals surface area contributed by atoms with E-state index >= 15 is 0 Å². The highest BCUT2D eigenvalue weighted by Crippen LogP contribution is 2.48. The highest BCUT2D eigenvalue weighted by Gasteiger charge is 2.50. The minimum Gasteiger partial charge on any atom is -0.790 e. The molecule has 0 aromatic carbocycles. The van der Waals surface area contributed by atoms with Gasteiger partial charge in [-0.3, -0.25) is 9.05 Å². The van der Waals surface area contributed by atoms with E-state index in [0.29, 0.717) is 0 Å². The highest BCUT2D eigenvalue weighted by molar-refractivity contribution is 7.47. The second-order valence-corrected chi connectivity index (χ2v) is 8.06. The Kier molecular flexibility index (Phi) is 7.47. The maximum absolute atomic E-state index is 13.7. The number of hydrogen-bond donors (Lipinski definition) is 4. The zero-order valence-corrected chi connectivity index (χ0v) is 14.9. The molecule has 2 saturated heterocycles. The fourth-order valence-corrected chi connectivity index (χ4v) is 3.94. The van der Waals surface area contributed by atoms with E-state index in [-0.39, 0.29) is 0 Å². The Bertz CT molecular complexity index is 604. The molecule has 0 aliphatic carbocycles. The van der Waals surface area contributed by atoms with Gasteiger partial charge in [-0.05, 0) is 0 Å². The third-order valence-electron chi connectivity index (χ3n) is 3.62. The number of ether oxygens (including phenoxy) is 2. The summed E-state index contributed by atoms with van der Waals surface area (Å²) in [5.74, 6) is 0. The Hall–Kier alpha value is -0.120. The number of hydrogen-bond acceptors (Lipinski definition) is 12. The second-order valence-electron chi connectivity index (χ2n) is 5.55. The standard InChI is InChI=1S/C10H18F2O13P2/c11-5-7(3(1-13)22-9(5)14)25-27(19,20)21-2-4-8(24-26(16,17)18)6(12)10(15)23-4/h3-10,13-15H,1-2H2,(H,19,20)(H2,16,17,18)/p-2/t3-,4-,5+,6+,7-,8-,9-,10-/m1/s1. The predicted octanol–water partition coefficient (Wildman–Crippen LogP) is -3.19. The molecule has 2 fully saturated rings. The van der Waals surface area contributed by atoms with Gasteiger partial charge in [-0.1, -0.05) is 0 Å². The fourth-order valence-electron chi connectivity index (χ4n) is 2.43. The van der Waals surface area contributed by atoms with Crippen LogP contribution in [0.25, 0.3) is 0 Å². The second kappa shape index (κ2) is 8.71. The molecule has 0 radical (unpaired) electrons. The van der Waals surface area contributed by atoms with E-state index in [9.17, 15) is 42.8 Å². The minimum absolute atomic E-state index is 0.873. The average molecular weight is 444 g/mol.